The Hall–Kier alpha value is -1.43. The van der Waals surface area contributed by atoms with Gasteiger partial charge in [0.2, 0.25) is 17.7 Å². The summed E-state index contributed by atoms with van der Waals surface area (Å²) in [5.41, 5.74) is 0. The van der Waals surface area contributed by atoms with Crippen LogP contribution in [0.15, 0.2) is 0 Å². The summed E-state index contributed by atoms with van der Waals surface area (Å²) >= 11 is 0. The van der Waals surface area contributed by atoms with Gasteiger partial charge in [0.05, 0.1) is 6.04 Å². The van der Waals surface area contributed by atoms with Crippen molar-refractivity contribution in [2.45, 2.75) is 44.2 Å². The fourth-order valence-electron chi connectivity index (χ4n) is 2.25. The van der Waals surface area contributed by atoms with E-state index >= 15 is 0 Å². The molecule has 6 nitrogen and oxygen atoms in total. The van der Waals surface area contributed by atoms with E-state index in [9.17, 15) is 14.4 Å². The molecule has 0 aromatic rings. The molecule has 0 radical (unpaired) electrons. The summed E-state index contributed by atoms with van der Waals surface area (Å²) in [4.78, 5) is 33.9. The SMILES string of the molecule is O=C1CC(NC2CCC(=O)NC2=O)CCCN1. The molecular weight excluding hydrogens is 222 g/mol. The standard InChI is InChI=1S/C11H17N3O3/c15-9-4-3-8(11(17)14-9)13-7-2-1-5-12-10(16)6-7/h7-8,13H,1-6H2,(H,12,16)(H,14,15,17). The van der Waals surface area contributed by atoms with Crippen LogP contribution in [0, 0.1) is 0 Å². The maximum atomic E-state index is 11.6. The van der Waals surface area contributed by atoms with Gasteiger partial charge in [0, 0.05) is 25.4 Å². The summed E-state index contributed by atoms with van der Waals surface area (Å²) in [7, 11) is 0. The van der Waals surface area contributed by atoms with Crippen LogP contribution in [-0.2, 0) is 14.4 Å². The third-order valence-electron chi connectivity index (χ3n) is 3.16. The predicted octanol–water partition coefficient (Wildman–Crippen LogP) is -0.950. The lowest BCUT2D eigenvalue weighted by Gasteiger charge is -2.26. The fourth-order valence-corrected chi connectivity index (χ4v) is 2.25. The van der Waals surface area contributed by atoms with Crippen LogP contribution in [0.2, 0.25) is 0 Å². The summed E-state index contributed by atoms with van der Waals surface area (Å²) in [5.74, 6) is -0.468. The van der Waals surface area contributed by atoms with Gasteiger partial charge in [0.25, 0.3) is 0 Å². The maximum Gasteiger partial charge on any atom is 0.243 e. The average Bonchev–Trinajstić information content (AvgIpc) is 2.47. The van der Waals surface area contributed by atoms with Crippen LogP contribution in [0.25, 0.3) is 0 Å². The quantitative estimate of drug-likeness (QED) is 0.542. The Morgan fingerprint density at radius 1 is 1.12 bits per heavy atom. The third-order valence-corrected chi connectivity index (χ3v) is 3.16. The van der Waals surface area contributed by atoms with E-state index in [1.807, 2.05) is 0 Å². The minimum atomic E-state index is -0.344. The van der Waals surface area contributed by atoms with E-state index in [1.54, 1.807) is 0 Å². The molecule has 0 aromatic carbocycles. The van der Waals surface area contributed by atoms with Gasteiger partial charge in [0.1, 0.15) is 0 Å². The van der Waals surface area contributed by atoms with Crippen molar-refractivity contribution in [1.29, 1.82) is 0 Å². The molecule has 2 fully saturated rings. The summed E-state index contributed by atoms with van der Waals surface area (Å²) in [5, 5.41) is 8.27. The molecule has 6 heteroatoms. The highest BCUT2D eigenvalue weighted by molar-refractivity contribution is 6.00. The summed E-state index contributed by atoms with van der Waals surface area (Å²) in [6.07, 6.45) is 3.07. The number of piperidine rings is 1. The molecule has 17 heavy (non-hydrogen) atoms. The second kappa shape index (κ2) is 5.27. The first-order valence-corrected chi connectivity index (χ1v) is 6.01. The van der Waals surface area contributed by atoms with Crippen LogP contribution in [0.4, 0.5) is 0 Å². The minimum Gasteiger partial charge on any atom is -0.356 e. The van der Waals surface area contributed by atoms with Gasteiger partial charge in [-0.05, 0) is 19.3 Å². The molecule has 0 aromatic heterocycles. The van der Waals surface area contributed by atoms with Crippen molar-refractivity contribution in [3.05, 3.63) is 0 Å². The van der Waals surface area contributed by atoms with Crippen LogP contribution in [0.1, 0.15) is 32.1 Å². The number of amides is 3. The van der Waals surface area contributed by atoms with Crippen molar-refractivity contribution in [2.75, 3.05) is 6.54 Å². The van der Waals surface area contributed by atoms with Crippen LogP contribution in [-0.4, -0.2) is 36.3 Å². The Balaban J connectivity index is 1.89. The second-order valence-electron chi connectivity index (χ2n) is 4.56. The van der Waals surface area contributed by atoms with E-state index in [-0.39, 0.29) is 29.8 Å². The Bertz CT molecular complexity index is 343. The molecule has 3 N–H and O–H groups in total. The Morgan fingerprint density at radius 2 is 1.94 bits per heavy atom. The van der Waals surface area contributed by atoms with Crippen molar-refractivity contribution in [3.8, 4) is 0 Å². The lowest BCUT2D eigenvalue weighted by Crippen LogP contribution is -2.53. The molecule has 2 aliphatic rings. The molecule has 0 spiro atoms. The van der Waals surface area contributed by atoms with Crippen LogP contribution in [0.3, 0.4) is 0 Å². The zero-order chi connectivity index (χ0) is 12.3. The average molecular weight is 239 g/mol. The Morgan fingerprint density at radius 3 is 2.71 bits per heavy atom. The molecule has 2 rings (SSSR count). The summed E-state index contributed by atoms with van der Waals surface area (Å²) < 4.78 is 0. The van der Waals surface area contributed by atoms with Crippen molar-refractivity contribution < 1.29 is 14.4 Å². The first kappa shape index (κ1) is 12.0. The van der Waals surface area contributed by atoms with E-state index in [4.69, 9.17) is 0 Å². The lowest BCUT2D eigenvalue weighted by molar-refractivity contribution is -0.135. The molecule has 2 heterocycles. The molecule has 2 unspecified atom stereocenters. The van der Waals surface area contributed by atoms with Gasteiger partial charge in [-0.3, -0.25) is 19.7 Å². The molecular formula is C11H17N3O3. The van der Waals surface area contributed by atoms with Gasteiger partial charge in [-0.25, -0.2) is 0 Å². The highest BCUT2D eigenvalue weighted by Gasteiger charge is 2.29. The smallest absolute Gasteiger partial charge is 0.243 e. The first-order chi connectivity index (χ1) is 8.15. The van der Waals surface area contributed by atoms with E-state index < -0.39 is 0 Å². The van der Waals surface area contributed by atoms with Gasteiger partial charge in [-0.15, -0.1) is 0 Å². The Labute approximate surface area is 99.5 Å². The summed E-state index contributed by atoms with van der Waals surface area (Å²) in [6, 6.07) is -0.315. The predicted molar refractivity (Wildman–Crippen MR) is 60.0 cm³/mol. The number of hydrogen-bond donors (Lipinski definition) is 3. The largest absolute Gasteiger partial charge is 0.356 e. The van der Waals surface area contributed by atoms with Crippen LogP contribution < -0.4 is 16.0 Å². The normalized spacial score (nSPS) is 30.5. The first-order valence-electron chi connectivity index (χ1n) is 6.01. The fraction of sp³-hybridized carbons (Fsp3) is 0.727. The monoisotopic (exact) mass is 239 g/mol. The van der Waals surface area contributed by atoms with Crippen LogP contribution >= 0.6 is 0 Å². The number of carbonyl (C=O) groups is 3. The van der Waals surface area contributed by atoms with Crippen molar-refractivity contribution in [3.63, 3.8) is 0 Å². The molecule has 0 aliphatic carbocycles. The number of rotatable bonds is 2. The molecule has 0 bridgehead atoms. The highest BCUT2D eigenvalue weighted by Crippen LogP contribution is 2.11. The lowest BCUT2D eigenvalue weighted by atomic mass is 10.0. The van der Waals surface area contributed by atoms with E-state index in [1.165, 1.54) is 0 Å². The molecule has 2 saturated heterocycles. The molecule has 0 saturated carbocycles. The topological polar surface area (TPSA) is 87.3 Å². The number of nitrogens with one attached hydrogen (secondary N) is 3. The zero-order valence-corrected chi connectivity index (χ0v) is 9.62. The zero-order valence-electron chi connectivity index (χ0n) is 9.62. The van der Waals surface area contributed by atoms with Crippen molar-refractivity contribution in [1.82, 2.24) is 16.0 Å². The molecule has 2 atom stereocenters. The van der Waals surface area contributed by atoms with Gasteiger partial charge >= 0.3 is 0 Å². The second-order valence-corrected chi connectivity index (χ2v) is 4.56. The van der Waals surface area contributed by atoms with E-state index in [0.717, 1.165) is 12.8 Å². The van der Waals surface area contributed by atoms with Gasteiger partial charge in [-0.1, -0.05) is 0 Å². The van der Waals surface area contributed by atoms with Crippen molar-refractivity contribution >= 4 is 17.7 Å². The van der Waals surface area contributed by atoms with E-state index in [0.29, 0.717) is 25.8 Å². The molecule has 3 amide bonds. The minimum absolute atomic E-state index is 0.0206. The molecule has 94 valence electrons. The van der Waals surface area contributed by atoms with Gasteiger partial charge in [0.15, 0.2) is 0 Å². The third kappa shape index (κ3) is 3.26. The number of hydrogen-bond acceptors (Lipinski definition) is 4. The number of carbonyl (C=O) groups excluding carboxylic acids is 3. The highest BCUT2D eigenvalue weighted by atomic mass is 16.2. The van der Waals surface area contributed by atoms with Crippen molar-refractivity contribution in [2.24, 2.45) is 0 Å². The Kier molecular flexibility index (Phi) is 3.73. The summed E-state index contributed by atoms with van der Waals surface area (Å²) in [6.45, 7) is 0.701. The molecule has 2 aliphatic heterocycles. The van der Waals surface area contributed by atoms with Gasteiger partial charge < -0.3 is 10.6 Å². The maximum absolute atomic E-state index is 11.6. The van der Waals surface area contributed by atoms with Gasteiger partial charge in [-0.2, -0.15) is 0 Å². The van der Waals surface area contributed by atoms with Crippen LogP contribution in [0.5, 0.6) is 0 Å². The van der Waals surface area contributed by atoms with E-state index in [2.05, 4.69) is 16.0 Å². The number of imide groups is 1.